The van der Waals surface area contributed by atoms with Gasteiger partial charge in [0.15, 0.2) is 11.5 Å². The van der Waals surface area contributed by atoms with Gasteiger partial charge in [0.2, 0.25) is 0 Å². The number of hydrogen-bond donors (Lipinski definition) is 1. The number of rotatable bonds is 4. The van der Waals surface area contributed by atoms with Gasteiger partial charge in [0.25, 0.3) is 5.91 Å². The molecule has 5 nitrogen and oxygen atoms in total. The van der Waals surface area contributed by atoms with Crippen molar-refractivity contribution in [2.24, 2.45) is 5.92 Å². The molecule has 1 atom stereocenters. The van der Waals surface area contributed by atoms with E-state index in [-0.39, 0.29) is 11.6 Å². The van der Waals surface area contributed by atoms with Crippen molar-refractivity contribution < 1.29 is 19.1 Å². The lowest BCUT2D eigenvalue weighted by molar-refractivity contribution is -0.143. The molecule has 2 heterocycles. The Kier molecular flexibility index (Phi) is 5.11. The highest BCUT2D eigenvalue weighted by Crippen LogP contribution is 2.22. The van der Waals surface area contributed by atoms with Crippen LogP contribution in [0.25, 0.3) is 0 Å². The SMILES string of the molecule is CC(C)Cc1ccnc(C(=O)N2CCCC[C@@H]2C(=O)O)c1F. The summed E-state index contributed by atoms with van der Waals surface area (Å²) in [6, 6.07) is 0.674. The van der Waals surface area contributed by atoms with Crippen LogP contribution in [-0.2, 0) is 11.2 Å². The zero-order valence-corrected chi connectivity index (χ0v) is 12.9. The lowest BCUT2D eigenvalue weighted by atomic mass is 10.00. The van der Waals surface area contributed by atoms with Gasteiger partial charge >= 0.3 is 5.97 Å². The predicted molar refractivity (Wildman–Crippen MR) is 79.0 cm³/mol. The molecule has 6 heteroatoms. The van der Waals surface area contributed by atoms with E-state index < -0.39 is 23.7 Å². The van der Waals surface area contributed by atoms with E-state index in [2.05, 4.69) is 4.98 Å². The Balaban J connectivity index is 2.30. The van der Waals surface area contributed by atoms with E-state index in [1.54, 1.807) is 6.07 Å². The van der Waals surface area contributed by atoms with Gasteiger partial charge in [-0.05, 0) is 43.2 Å². The lowest BCUT2D eigenvalue weighted by Gasteiger charge is -2.32. The molecule has 0 radical (unpaired) electrons. The average Bonchev–Trinajstić information content (AvgIpc) is 2.48. The highest BCUT2D eigenvalue weighted by atomic mass is 19.1. The largest absolute Gasteiger partial charge is 0.480 e. The first-order valence-corrected chi connectivity index (χ1v) is 7.59. The Labute approximate surface area is 129 Å². The van der Waals surface area contributed by atoms with Crippen LogP contribution >= 0.6 is 0 Å². The van der Waals surface area contributed by atoms with Crippen LogP contribution in [0.15, 0.2) is 12.3 Å². The molecule has 0 aliphatic carbocycles. The standard InChI is InChI=1S/C16H21FN2O3/c1-10(2)9-11-6-7-18-14(13(11)17)15(20)19-8-4-3-5-12(19)16(21)22/h6-7,10,12H,3-5,8-9H2,1-2H3,(H,21,22)/t12-/m1/s1. The Morgan fingerprint density at radius 3 is 2.82 bits per heavy atom. The second kappa shape index (κ2) is 6.85. The number of halogens is 1. The predicted octanol–water partition coefficient (Wildman–Crippen LogP) is 2.50. The van der Waals surface area contributed by atoms with Crippen molar-refractivity contribution in [3.05, 3.63) is 29.3 Å². The molecule has 1 aromatic heterocycles. The number of pyridine rings is 1. The van der Waals surface area contributed by atoms with Crippen molar-refractivity contribution in [3.63, 3.8) is 0 Å². The summed E-state index contributed by atoms with van der Waals surface area (Å²) in [5, 5.41) is 9.24. The van der Waals surface area contributed by atoms with Crippen LogP contribution in [0.1, 0.15) is 49.2 Å². The number of aromatic nitrogens is 1. The number of hydrogen-bond acceptors (Lipinski definition) is 3. The van der Waals surface area contributed by atoms with E-state index in [1.165, 1.54) is 11.1 Å². The molecule has 0 saturated carbocycles. The second-order valence-corrected chi connectivity index (χ2v) is 6.08. The number of likely N-dealkylation sites (tertiary alicyclic amines) is 1. The number of amides is 1. The number of carboxylic acid groups (broad SMARTS) is 1. The summed E-state index contributed by atoms with van der Waals surface area (Å²) >= 11 is 0. The normalized spacial score (nSPS) is 18.5. The summed E-state index contributed by atoms with van der Waals surface area (Å²) in [7, 11) is 0. The van der Waals surface area contributed by atoms with Crippen LogP contribution in [0.4, 0.5) is 4.39 Å². The van der Waals surface area contributed by atoms with Gasteiger partial charge in [-0.15, -0.1) is 0 Å². The van der Waals surface area contributed by atoms with Gasteiger partial charge < -0.3 is 10.0 Å². The van der Waals surface area contributed by atoms with Crippen molar-refractivity contribution in [1.29, 1.82) is 0 Å². The van der Waals surface area contributed by atoms with Gasteiger partial charge in [-0.2, -0.15) is 0 Å². The van der Waals surface area contributed by atoms with E-state index in [1.807, 2.05) is 13.8 Å². The number of aliphatic carboxylic acids is 1. The van der Waals surface area contributed by atoms with Crippen LogP contribution in [0.5, 0.6) is 0 Å². The van der Waals surface area contributed by atoms with Gasteiger partial charge in [0.05, 0.1) is 0 Å². The molecule has 1 aromatic rings. The van der Waals surface area contributed by atoms with Gasteiger partial charge in [-0.3, -0.25) is 4.79 Å². The number of nitrogens with zero attached hydrogens (tertiary/aromatic N) is 2. The molecule has 120 valence electrons. The zero-order chi connectivity index (χ0) is 16.3. The quantitative estimate of drug-likeness (QED) is 0.927. The Hall–Kier alpha value is -1.98. The smallest absolute Gasteiger partial charge is 0.326 e. The van der Waals surface area contributed by atoms with Crippen molar-refractivity contribution in [2.75, 3.05) is 6.54 Å². The van der Waals surface area contributed by atoms with Crippen molar-refractivity contribution in [1.82, 2.24) is 9.88 Å². The molecule has 1 aliphatic rings. The Morgan fingerprint density at radius 2 is 2.18 bits per heavy atom. The number of carbonyl (C=O) groups is 2. The van der Waals surface area contributed by atoms with Gasteiger partial charge in [0, 0.05) is 12.7 Å². The molecule has 1 fully saturated rings. The highest BCUT2D eigenvalue weighted by Gasteiger charge is 2.34. The highest BCUT2D eigenvalue weighted by molar-refractivity contribution is 5.95. The summed E-state index contributed by atoms with van der Waals surface area (Å²) < 4.78 is 14.5. The molecule has 1 saturated heterocycles. The summed E-state index contributed by atoms with van der Waals surface area (Å²) in [6.07, 6.45) is 3.80. The molecule has 1 amide bonds. The van der Waals surface area contributed by atoms with E-state index in [0.29, 0.717) is 24.9 Å². The van der Waals surface area contributed by atoms with E-state index in [9.17, 15) is 19.1 Å². The fraction of sp³-hybridized carbons (Fsp3) is 0.562. The van der Waals surface area contributed by atoms with E-state index in [4.69, 9.17) is 0 Å². The topological polar surface area (TPSA) is 70.5 Å². The van der Waals surface area contributed by atoms with Crippen LogP contribution in [0.2, 0.25) is 0 Å². The maximum Gasteiger partial charge on any atom is 0.326 e. The molecule has 2 rings (SSSR count). The molecule has 0 bridgehead atoms. The summed E-state index contributed by atoms with van der Waals surface area (Å²) in [5.41, 5.74) is 0.170. The monoisotopic (exact) mass is 308 g/mol. The Morgan fingerprint density at radius 1 is 1.45 bits per heavy atom. The maximum atomic E-state index is 14.5. The van der Waals surface area contributed by atoms with Crippen LogP contribution < -0.4 is 0 Å². The van der Waals surface area contributed by atoms with E-state index in [0.717, 1.165) is 12.8 Å². The van der Waals surface area contributed by atoms with Crippen molar-refractivity contribution in [2.45, 2.75) is 45.6 Å². The summed E-state index contributed by atoms with van der Waals surface area (Å²) in [4.78, 5) is 28.9. The van der Waals surface area contributed by atoms with Gasteiger partial charge in [-0.25, -0.2) is 14.2 Å². The van der Waals surface area contributed by atoms with Crippen molar-refractivity contribution >= 4 is 11.9 Å². The second-order valence-electron chi connectivity index (χ2n) is 6.08. The van der Waals surface area contributed by atoms with E-state index >= 15 is 0 Å². The molecule has 0 aromatic carbocycles. The first-order valence-electron chi connectivity index (χ1n) is 7.59. The van der Waals surface area contributed by atoms with Crippen LogP contribution in [0, 0.1) is 11.7 Å². The third-order valence-corrected chi connectivity index (χ3v) is 3.85. The average molecular weight is 308 g/mol. The number of carboxylic acids is 1. The van der Waals surface area contributed by atoms with Crippen LogP contribution in [0.3, 0.4) is 0 Å². The minimum absolute atomic E-state index is 0.251. The first-order chi connectivity index (χ1) is 10.4. The van der Waals surface area contributed by atoms with Crippen molar-refractivity contribution in [3.8, 4) is 0 Å². The molecule has 0 spiro atoms. The molecule has 1 N–H and O–H groups in total. The van der Waals surface area contributed by atoms with Gasteiger partial charge in [0.1, 0.15) is 6.04 Å². The first kappa shape index (κ1) is 16.4. The van der Waals surface area contributed by atoms with Crippen LogP contribution in [-0.4, -0.2) is 39.5 Å². The molecule has 0 unspecified atom stereocenters. The third kappa shape index (κ3) is 3.43. The number of carbonyl (C=O) groups excluding carboxylic acids is 1. The third-order valence-electron chi connectivity index (χ3n) is 3.85. The molecule has 22 heavy (non-hydrogen) atoms. The molecular weight excluding hydrogens is 287 g/mol. The molecular formula is C16H21FN2O3. The fourth-order valence-electron chi connectivity index (χ4n) is 2.80. The van der Waals surface area contributed by atoms with Gasteiger partial charge in [-0.1, -0.05) is 13.8 Å². The molecule has 1 aliphatic heterocycles. The minimum Gasteiger partial charge on any atom is -0.480 e. The summed E-state index contributed by atoms with van der Waals surface area (Å²) in [5.74, 6) is -2.06. The lowest BCUT2D eigenvalue weighted by Crippen LogP contribution is -2.48. The number of piperidine rings is 1. The maximum absolute atomic E-state index is 14.5. The fourth-order valence-corrected chi connectivity index (χ4v) is 2.80. The summed E-state index contributed by atoms with van der Waals surface area (Å²) in [6.45, 7) is 4.25. The minimum atomic E-state index is -1.05. The zero-order valence-electron chi connectivity index (χ0n) is 12.9. The Bertz CT molecular complexity index is 575.